The van der Waals surface area contributed by atoms with E-state index in [1.807, 2.05) is 0 Å². The lowest BCUT2D eigenvalue weighted by Gasteiger charge is -2.01. The molecule has 4 heteroatoms. The standard InChI is InChI=1S/C36H32Br2N2/c37-25-33-9-13-35(14-10-33)27-39-21-17-31(18-22-39)7-5-29-1-2-30(4-3-29)6-8-32-19-23-40(24-20-32)28-36-15-11-34(26-38)12-16-36/h1-24H,25-28H2/q+2/b7-5+,8-6+. The predicted octanol–water partition coefficient (Wildman–Crippen LogP) is 8.49. The number of alkyl halides is 2. The molecule has 2 aromatic heterocycles. The lowest BCUT2D eigenvalue weighted by atomic mass is 10.1. The van der Waals surface area contributed by atoms with Crippen LogP contribution in [0.15, 0.2) is 122 Å². The zero-order valence-electron chi connectivity index (χ0n) is 22.3. The SMILES string of the molecule is BrCc1ccc(C[n+]2ccc(/C=C/c3ccc(/C=C/c4cc[n+](Cc5ccc(CBr)cc5)cc4)cc3)cc2)cc1. The van der Waals surface area contributed by atoms with E-state index in [-0.39, 0.29) is 0 Å². The molecule has 0 bridgehead atoms. The maximum absolute atomic E-state index is 3.50. The van der Waals surface area contributed by atoms with Crippen molar-refractivity contribution < 1.29 is 9.13 Å². The van der Waals surface area contributed by atoms with Gasteiger partial charge >= 0.3 is 0 Å². The zero-order chi connectivity index (χ0) is 27.6. The first-order chi connectivity index (χ1) is 19.7. The number of nitrogens with zero attached hydrogens (tertiary/aromatic N) is 2. The first-order valence-corrected chi connectivity index (χ1v) is 15.6. The van der Waals surface area contributed by atoms with E-state index in [0.717, 1.165) is 23.7 Å². The molecule has 40 heavy (non-hydrogen) atoms. The van der Waals surface area contributed by atoms with Gasteiger partial charge in [0.05, 0.1) is 0 Å². The number of pyridine rings is 2. The zero-order valence-corrected chi connectivity index (χ0v) is 25.5. The van der Waals surface area contributed by atoms with Gasteiger partial charge in [-0.15, -0.1) is 0 Å². The van der Waals surface area contributed by atoms with Gasteiger partial charge in [-0.25, -0.2) is 9.13 Å². The smallest absolute Gasteiger partial charge is 0.173 e. The summed E-state index contributed by atoms with van der Waals surface area (Å²) in [4.78, 5) is 0. The van der Waals surface area contributed by atoms with Crippen LogP contribution >= 0.6 is 31.9 Å². The third-order valence-electron chi connectivity index (χ3n) is 6.79. The van der Waals surface area contributed by atoms with Crippen LogP contribution in [0.4, 0.5) is 0 Å². The van der Waals surface area contributed by atoms with Gasteiger partial charge in [0.15, 0.2) is 37.9 Å². The van der Waals surface area contributed by atoms with Crippen LogP contribution in [0.1, 0.15) is 44.5 Å². The molecular formula is C36H32Br2N2+2. The minimum atomic E-state index is 0.872. The van der Waals surface area contributed by atoms with E-state index in [1.54, 1.807) is 0 Å². The van der Waals surface area contributed by atoms with Crippen LogP contribution < -0.4 is 9.13 Å². The van der Waals surface area contributed by atoms with E-state index >= 15 is 0 Å². The van der Waals surface area contributed by atoms with Crippen molar-refractivity contribution in [2.75, 3.05) is 0 Å². The fraction of sp³-hybridized carbons (Fsp3) is 0.111. The molecular weight excluding hydrogens is 620 g/mol. The molecule has 0 spiro atoms. The summed E-state index contributed by atoms with van der Waals surface area (Å²) >= 11 is 7.01. The van der Waals surface area contributed by atoms with E-state index in [4.69, 9.17) is 0 Å². The molecule has 0 aliphatic heterocycles. The van der Waals surface area contributed by atoms with Gasteiger partial charge in [-0.2, -0.15) is 0 Å². The highest BCUT2D eigenvalue weighted by Crippen LogP contribution is 2.13. The van der Waals surface area contributed by atoms with Gasteiger partial charge in [0.1, 0.15) is 0 Å². The number of rotatable bonds is 10. The van der Waals surface area contributed by atoms with Crippen LogP contribution in [0.5, 0.6) is 0 Å². The summed E-state index contributed by atoms with van der Waals surface area (Å²) in [6, 6.07) is 34.7. The van der Waals surface area contributed by atoms with Crippen LogP contribution in [0, 0.1) is 0 Å². The topological polar surface area (TPSA) is 7.76 Å². The van der Waals surface area contributed by atoms with E-state index in [0.29, 0.717) is 0 Å². The number of aromatic nitrogens is 2. The first-order valence-electron chi connectivity index (χ1n) is 13.4. The summed E-state index contributed by atoms with van der Waals surface area (Å²) in [5.41, 5.74) is 9.94. The Bertz CT molecular complexity index is 1430. The molecule has 0 aliphatic carbocycles. The van der Waals surface area contributed by atoms with E-state index in [2.05, 4.69) is 187 Å². The Balaban J connectivity index is 1.13. The third kappa shape index (κ3) is 8.20. The molecule has 0 fully saturated rings. The minimum Gasteiger partial charge on any atom is -0.201 e. The van der Waals surface area contributed by atoms with Gasteiger partial charge < -0.3 is 0 Å². The lowest BCUT2D eigenvalue weighted by molar-refractivity contribution is -0.688. The van der Waals surface area contributed by atoms with Crippen molar-refractivity contribution in [3.63, 3.8) is 0 Å². The van der Waals surface area contributed by atoms with Crippen molar-refractivity contribution in [3.8, 4) is 0 Å². The molecule has 0 unspecified atom stereocenters. The Morgan fingerprint density at radius 1 is 0.375 bits per heavy atom. The monoisotopic (exact) mass is 650 g/mol. The molecule has 5 aromatic rings. The van der Waals surface area contributed by atoms with Gasteiger partial charge in [-0.3, -0.25) is 0 Å². The van der Waals surface area contributed by atoms with E-state index < -0.39 is 0 Å². The Labute approximate surface area is 254 Å². The number of hydrogen-bond acceptors (Lipinski definition) is 0. The summed E-state index contributed by atoms with van der Waals surface area (Å²) in [5.74, 6) is 0. The second-order valence-corrected chi connectivity index (χ2v) is 11.0. The summed E-state index contributed by atoms with van der Waals surface area (Å²) in [6.45, 7) is 1.74. The summed E-state index contributed by atoms with van der Waals surface area (Å²) in [7, 11) is 0. The van der Waals surface area contributed by atoms with Gasteiger partial charge in [0.2, 0.25) is 0 Å². The second kappa shape index (κ2) is 14.2. The normalized spacial score (nSPS) is 11.4. The highest BCUT2D eigenvalue weighted by atomic mass is 79.9. The average molecular weight is 652 g/mol. The minimum absolute atomic E-state index is 0.872. The Morgan fingerprint density at radius 2 is 0.650 bits per heavy atom. The largest absolute Gasteiger partial charge is 0.201 e. The molecule has 0 radical (unpaired) electrons. The predicted molar refractivity (Wildman–Crippen MR) is 174 cm³/mol. The fourth-order valence-corrected chi connectivity index (χ4v) is 5.11. The highest BCUT2D eigenvalue weighted by molar-refractivity contribution is 9.08. The molecule has 198 valence electrons. The van der Waals surface area contributed by atoms with Crippen LogP contribution in [0.25, 0.3) is 24.3 Å². The molecule has 0 aliphatic rings. The lowest BCUT2D eigenvalue weighted by Crippen LogP contribution is -2.33. The van der Waals surface area contributed by atoms with Crippen molar-refractivity contribution >= 4 is 56.2 Å². The van der Waals surface area contributed by atoms with Crippen molar-refractivity contribution in [3.05, 3.63) is 166 Å². The molecule has 0 amide bonds. The van der Waals surface area contributed by atoms with Gasteiger partial charge in [-0.1, -0.05) is 129 Å². The van der Waals surface area contributed by atoms with E-state index in [1.165, 1.54) is 44.5 Å². The second-order valence-electron chi connectivity index (χ2n) is 9.84. The first kappa shape index (κ1) is 27.9. The number of benzene rings is 3. The quantitative estimate of drug-likeness (QED) is 0.106. The Hall–Kier alpha value is -3.60. The molecule has 0 N–H and O–H groups in total. The van der Waals surface area contributed by atoms with Crippen molar-refractivity contribution in [2.24, 2.45) is 0 Å². The van der Waals surface area contributed by atoms with Gasteiger partial charge in [0, 0.05) is 46.1 Å². The molecule has 2 nitrogen and oxygen atoms in total. The maximum Gasteiger partial charge on any atom is 0.173 e. The van der Waals surface area contributed by atoms with Gasteiger partial charge in [-0.05, 0) is 33.4 Å². The number of halogens is 2. The van der Waals surface area contributed by atoms with Crippen LogP contribution in [-0.2, 0) is 23.7 Å². The Kier molecular flexibility index (Phi) is 9.89. The molecule has 0 saturated heterocycles. The van der Waals surface area contributed by atoms with Gasteiger partial charge in [0.25, 0.3) is 0 Å². The molecule has 0 saturated carbocycles. The summed E-state index contributed by atoms with van der Waals surface area (Å²) < 4.78 is 4.41. The Morgan fingerprint density at radius 3 is 0.950 bits per heavy atom. The molecule has 3 aromatic carbocycles. The van der Waals surface area contributed by atoms with Crippen LogP contribution in [0.2, 0.25) is 0 Å². The molecule has 2 heterocycles. The molecule has 0 atom stereocenters. The number of hydrogen-bond donors (Lipinski definition) is 0. The van der Waals surface area contributed by atoms with Crippen molar-refractivity contribution in [2.45, 2.75) is 23.7 Å². The summed E-state index contributed by atoms with van der Waals surface area (Å²) in [5, 5.41) is 1.78. The highest BCUT2D eigenvalue weighted by Gasteiger charge is 2.04. The molecule has 5 rings (SSSR count). The van der Waals surface area contributed by atoms with Crippen LogP contribution in [-0.4, -0.2) is 0 Å². The van der Waals surface area contributed by atoms with E-state index in [9.17, 15) is 0 Å². The summed E-state index contributed by atoms with van der Waals surface area (Å²) in [6.07, 6.45) is 17.2. The van der Waals surface area contributed by atoms with Crippen molar-refractivity contribution in [1.29, 1.82) is 0 Å². The third-order valence-corrected chi connectivity index (χ3v) is 8.09. The van der Waals surface area contributed by atoms with Crippen LogP contribution in [0.3, 0.4) is 0 Å². The maximum atomic E-state index is 3.50. The fourth-order valence-electron chi connectivity index (χ4n) is 4.36. The average Bonchev–Trinajstić information content (AvgIpc) is 3.02. The van der Waals surface area contributed by atoms with Crippen molar-refractivity contribution in [1.82, 2.24) is 0 Å².